The van der Waals surface area contributed by atoms with Crippen molar-refractivity contribution in [1.29, 1.82) is 0 Å². The Morgan fingerprint density at radius 3 is 2.22 bits per heavy atom. The molecule has 12 heteroatoms. The molecule has 0 aliphatic carbocycles. The fourth-order valence-electron chi connectivity index (χ4n) is 4.00. The maximum absolute atomic E-state index is 13.0. The number of nitrogens with zero attached hydrogens (tertiary/aromatic N) is 3. The summed E-state index contributed by atoms with van der Waals surface area (Å²) in [4.78, 5) is 29.8. The van der Waals surface area contributed by atoms with Crippen molar-refractivity contribution < 1.29 is 32.2 Å². The van der Waals surface area contributed by atoms with Crippen molar-refractivity contribution >= 4 is 43.5 Å². The molecule has 36 heavy (non-hydrogen) atoms. The molecule has 0 N–H and O–H groups in total. The standard InChI is InChI=1S/C24H27N3O7S2/c1-32-19-13-18-21(14-20(19)33-2)35-24(27(18)15-22(28)34-3)25-23(29)16-7-9-17(10-8-16)36(30,31)26-11-5-4-6-12-26/h7-10,13-14H,4-6,11-12,15H2,1-3H3. The summed E-state index contributed by atoms with van der Waals surface area (Å²) in [5.41, 5.74) is 0.849. The van der Waals surface area contributed by atoms with Gasteiger partial charge in [0, 0.05) is 30.8 Å². The lowest BCUT2D eigenvalue weighted by Crippen LogP contribution is -2.35. The average molecular weight is 534 g/mol. The third-order valence-corrected chi connectivity index (χ3v) is 8.91. The van der Waals surface area contributed by atoms with E-state index in [1.54, 1.807) is 16.7 Å². The summed E-state index contributed by atoms with van der Waals surface area (Å²) >= 11 is 1.20. The Morgan fingerprint density at radius 1 is 0.972 bits per heavy atom. The molecule has 1 fully saturated rings. The number of methoxy groups -OCH3 is 3. The Hall–Kier alpha value is -3.22. The fourth-order valence-corrected chi connectivity index (χ4v) is 6.56. The minimum atomic E-state index is -3.60. The number of piperidine rings is 1. The SMILES string of the molecule is COC(=O)Cn1c(=NC(=O)c2ccc(S(=O)(=O)N3CCCCC3)cc2)sc2cc(OC)c(OC)cc21. The van der Waals surface area contributed by atoms with E-state index in [4.69, 9.17) is 14.2 Å². The maximum atomic E-state index is 13.0. The Kier molecular flexibility index (Phi) is 7.76. The lowest BCUT2D eigenvalue weighted by molar-refractivity contribution is -0.141. The predicted molar refractivity (Wildman–Crippen MR) is 134 cm³/mol. The number of hydrogen-bond donors (Lipinski definition) is 0. The van der Waals surface area contributed by atoms with Crippen LogP contribution in [0.4, 0.5) is 0 Å². The van der Waals surface area contributed by atoms with Crippen molar-refractivity contribution in [2.24, 2.45) is 4.99 Å². The Bertz CT molecular complexity index is 1450. The lowest BCUT2D eigenvalue weighted by Gasteiger charge is -2.25. The van der Waals surface area contributed by atoms with Gasteiger partial charge in [-0.3, -0.25) is 9.59 Å². The maximum Gasteiger partial charge on any atom is 0.325 e. The zero-order valence-electron chi connectivity index (χ0n) is 20.2. The molecule has 192 valence electrons. The first kappa shape index (κ1) is 25.9. The van der Waals surface area contributed by atoms with E-state index in [0.717, 1.165) is 24.0 Å². The third-order valence-electron chi connectivity index (χ3n) is 5.95. The van der Waals surface area contributed by atoms with Gasteiger partial charge in [0.1, 0.15) is 6.54 Å². The molecule has 0 bridgehead atoms. The number of hydrogen-bond acceptors (Lipinski definition) is 8. The van der Waals surface area contributed by atoms with Crippen molar-refractivity contribution in [2.45, 2.75) is 30.7 Å². The molecular formula is C24H27N3O7S2. The highest BCUT2D eigenvalue weighted by molar-refractivity contribution is 7.89. The van der Waals surface area contributed by atoms with Crippen LogP contribution in [0.5, 0.6) is 11.5 Å². The highest BCUT2D eigenvalue weighted by Crippen LogP contribution is 2.33. The number of fused-ring (bicyclic) bond motifs is 1. The molecule has 2 heterocycles. The van der Waals surface area contributed by atoms with E-state index >= 15 is 0 Å². The van der Waals surface area contributed by atoms with Gasteiger partial charge in [-0.05, 0) is 37.1 Å². The van der Waals surface area contributed by atoms with Gasteiger partial charge >= 0.3 is 5.97 Å². The molecule has 1 aliphatic rings. The van der Waals surface area contributed by atoms with Crippen LogP contribution in [0.15, 0.2) is 46.3 Å². The van der Waals surface area contributed by atoms with Crippen LogP contribution in [-0.4, -0.2) is 63.6 Å². The Labute approximate surface area is 212 Å². The molecule has 0 saturated carbocycles. The van der Waals surface area contributed by atoms with Gasteiger partial charge in [-0.1, -0.05) is 17.8 Å². The van der Waals surface area contributed by atoms with Gasteiger partial charge in [0.2, 0.25) is 10.0 Å². The molecule has 0 unspecified atom stereocenters. The molecule has 2 aromatic carbocycles. The smallest absolute Gasteiger partial charge is 0.325 e. The van der Waals surface area contributed by atoms with Crippen molar-refractivity contribution in [3.8, 4) is 11.5 Å². The van der Waals surface area contributed by atoms with Crippen LogP contribution in [-0.2, 0) is 26.1 Å². The van der Waals surface area contributed by atoms with Crippen molar-refractivity contribution in [3.63, 3.8) is 0 Å². The molecule has 0 spiro atoms. The monoisotopic (exact) mass is 533 g/mol. The summed E-state index contributed by atoms with van der Waals surface area (Å²) in [6.07, 6.45) is 2.70. The summed E-state index contributed by atoms with van der Waals surface area (Å²) < 4.78 is 45.1. The number of benzene rings is 2. The summed E-state index contributed by atoms with van der Waals surface area (Å²) in [6, 6.07) is 9.21. The van der Waals surface area contributed by atoms with Crippen LogP contribution in [0.2, 0.25) is 0 Å². The molecule has 0 atom stereocenters. The van der Waals surface area contributed by atoms with E-state index in [-0.39, 0.29) is 21.8 Å². The van der Waals surface area contributed by atoms with Gasteiger partial charge in [0.15, 0.2) is 16.3 Å². The number of carbonyl (C=O) groups is 2. The van der Waals surface area contributed by atoms with Crippen LogP contribution >= 0.6 is 11.3 Å². The summed E-state index contributed by atoms with van der Waals surface area (Å²) in [6.45, 7) is 0.839. The van der Waals surface area contributed by atoms with Crippen molar-refractivity contribution in [1.82, 2.24) is 8.87 Å². The largest absolute Gasteiger partial charge is 0.493 e. The van der Waals surface area contributed by atoms with Crippen LogP contribution in [0.25, 0.3) is 10.2 Å². The summed E-state index contributed by atoms with van der Waals surface area (Å²) in [7, 11) is 0.700. The first-order valence-electron chi connectivity index (χ1n) is 11.3. The molecule has 3 aromatic rings. The van der Waals surface area contributed by atoms with E-state index in [2.05, 4.69) is 4.99 Å². The Morgan fingerprint density at radius 2 is 1.61 bits per heavy atom. The third kappa shape index (κ3) is 5.15. The number of carbonyl (C=O) groups excluding carboxylic acids is 2. The van der Waals surface area contributed by atoms with Gasteiger partial charge in [0.25, 0.3) is 5.91 Å². The number of amides is 1. The highest BCUT2D eigenvalue weighted by Gasteiger charge is 2.26. The first-order valence-corrected chi connectivity index (χ1v) is 13.6. The second-order valence-electron chi connectivity index (χ2n) is 8.13. The van der Waals surface area contributed by atoms with Crippen LogP contribution in [0, 0.1) is 0 Å². The van der Waals surface area contributed by atoms with Gasteiger partial charge in [-0.2, -0.15) is 9.30 Å². The van der Waals surface area contributed by atoms with Crippen molar-refractivity contribution in [3.05, 3.63) is 46.8 Å². The molecule has 1 aromatic heterocycles. The van der Waals surface area contributed by atoms with E-state index in [1.807, 2.05) is 0 Å². The minimum absolute atomic E-state index is 0.141. The topological polar surface area (TPSA) is 117 Å². The molecule has 4 rings (SSSR count). The zero-order valence-corrected chi connectivity index (χ0v) is 21.9. The predicted octanol–water partition coefficient (Wildman–Crippen LogP) is 2.81. The minimum Gasteiger partial charge on any atom is -0.493 e. The number of thiazole rings is 1. The molecule has 1 amide bonds. The summed E-state index contributed by atoms with van der Waals surface area (Å²) in [5, 5.41) is 0. The number of aromatic nitrogens is 1. The van der Waals surface area contributed by atoms with Crippen LogP contribution < -0.4 is 14.3 Å². The average Bonchev–Trinajstić information content (AvgIpc) is 3.23. The van der Waals surface area contributed by atoms with Crippen molar-refractivity contribution in [2.75, 3.05) is 34.4 Å². The van der Waals surface area contributed by atoms with E-state index < -0.39 is 21.9 Å². The van der Waals surface area contributed by atoms with Gasteiger partial charge in [-0.15, -0.1) is 0 Å². The van der Waals surface area contributed by atoms with Gasteiger partial charge < -0.3 is 18.8 Å². The van der Waals surface area contributed by atoms with E-state index in [9.17, 15) is 18.0 Å². The van der Waals surface area contributed by atoms with Crippen LogP contribution in [0.1, 0.15) is 29.6 Å². The molecule has 10 nitrogen and oxygen atoms in total. The summed E-state index contributed by atoms with van der Waals surface area (Å²) in [5.74, 6) is -0.115. The highest BCUT2D eigenvalue weighted by atomic mass is 32.2. The number of rotatable bonds is 7. The molecule has 1 saturated heterocycles. The quantitative estimate of drug-likeness (QED) is 0.429. The number of esters is 1. The zero-order chi connectivity index (χ0) is 25.9. The molecule has 0 radical (unpaired) electrons. The fraction of sp³-hybridized carbons (Fsp3) is 0.375. The molecular weight excluding hydrogens is 506 g/mol. The number of sulfonamides is 1. The first-order chi connectivity index (χ1) is 17.3. The normalized spacial score (nSPS) is 15.1. The Balaban J connectivity index is 1.71. The van der Waals surface area contributed by atoms with E-state index in [1.165, 1.54) is 61.2 Å². The van der Waals surface area contributed by atoms with Gasteiger partial charge in [-0.25, -0.2) is 8.42 Å². The number of ether oxygens (including phenoxy) is 3. The lowest BCUT2D eigenvalue weighted by atomic mass is 10.2. The second kappa shape index (κ2) is 10.8. The van der Waals surface area contributed by atoms with E-state index in [0.29, 0.717) is 30.1 Å². The second-order valence-corrected chi connectivity index (χ2v) is 11.1. The van der Waals surface area contributed by atoms with Gasteiger partial charge in [0.05, 0.1) is 36.4 Å². The molecule has 1 aliphatic heterocycles. The van der Waals surface area contributed by atoms with Crippen LogP contribution in [0.3, 0.4) is 0 Å².